The summed E-state index contributed by atoms with van der Waals surface area (Å²) in [6.07, 6.45) is 3.56. The van der Waals surface area contributed by atoms with E-state index in [9.17, 15) is 0 Å². The average molecular weight is 324 g/mol. The van der Waals surface area contributed by atoms with Crippen molar-refractivity contribution in [2.45, 2.75) is 26.7 Å². The lowest BCUT2D eigenvalue weighted by atomic mass is 10.0. The van der Waals surface area contributed by atoms with Gasteiger partial charge in [0.1, 0.15) is 23.8 Å². The molecule has 24 heavy (non-hydrogen) atoms. The molecule has 2 aliphatic heterocycles. The molecule has 4 heterocycles. The summed E-state index contributed by atoms with van der Waals surface area (Å²) in [4.78, 5) is 22.5. The topological polar surface area (TPSA) is 58.0 Å². The van der Waals surface area contributed by atoms with Gasteiger partial charge in [-0.05, 0) is 18.9 Å². The van der Waals surface area contributed by atoms with Gasteiger partial charge < -0.3 is 9.80 Å². The summed E-state index contributed by atoms with van der Waals surface area (Å²) in [5, 5.41) is 0. The predicted octanol–water partition coefficient (Wildman–Crippen LogP) is 2.27. The zero-order valence-electron chi connectivity index (χ0n) is 14.6. The molecule has 0 radical (unpaired) electrons. The van der Waals surface area contributed by atoms with Gasteiger partial charge in [-0.15, -0.1) is 0 Å². The molecule has 0 amide bonds. The average Bonchev–Trinajstić information content (AvgIpc) is 3.14. The van der Waals surface area contributed by atoms with Gasteiger partial charge in [0, 0.05) is 56.0 Å². The lowest BCUT2D eigenvalue weighted by Crippen LogP contribution is -2.29. The van der Waals surface area contributed by atoms with Crippen molar-refractivity contribution in [3.05, 3.63) is 36.2 Å². The van der Waals surface area contributed by atoms with Crippen molar-refractivity contribution in [2.75, 3.05) is 36.0 Å². The van der Waals surface area contributed by atoms with Crippen LogP contribution < -0.4 is 9.80 Å². The number of hydrogen-bond acceptors (Lipinski definition) is 6. The molecule has 2 fully saturated rings. The van der Waals surface area contributed by atoms with Crippen molar-refractivity contribution < 1.29 is 0 Å². The van der Waals surface area contributed by atoms with Crippen molar-refractivity contribution in [3.63, 3.8) is 0 Å². The highest BCUT2D eigenvalue weighted by atomic mass is 15.3. The first kappa shape index (κ1) is 15.3. The van der Waals surface area contributed by atoms with E-state index in [0.717, 1.165) is 49.3 Å². The van der Waals surface area contributed by atoms with Gasteiger partial charge in [0.05, 0.1) is 0 Å². The van der Waals surface area contributed by atoms with E-state index in [-0.39, 0.29) is 0 Å². The van der Waals surface area contributed by atoms with Crippen LogP contribution in [0.15, 0.2) is 24.7 Å². The Morgan fingerprint density at radius 1 is 0.958 bits per heavy atom. The number of aromatic nitrogens is 4. The van der Waals surface area contributed by atoms with Gasteiger partial charge in [-0.2, -0.15) is 0 Å². The maximum Gasteiger partial charge on any atom is 0.132 e. The summed E-state index contributed by atoms with van der Waals surface area (Å²) in [6, 6.07) is 4.17. The highest BCUT2D eigenvalue weighted by Crippen LogP contribution is 2.35. The molecule has 2 unspecified atom stereocenters. The highest BCUT2D eigenvalue weighted by molar-refractivity contribution is 5.45. The second-order valence-corrected chi connectivity index (χ2v) is 7.25. The second kappa shape index (κ2) is 6.00. The van der Waals surface area contributed by atoms with Crippen LogP contribution in [0.3, 0.4) is 0 Å². The van der Waals surface area contributed by atoms with E-state index in [0.29, 0.717) is 17.8 Å². The summed E-state index contributed by atoms with van der Waals surface area (Å²) >= 11 is 0. The van der Waals surface area contributed by atoms with Crippen LogP contribution in [0.25, 0.3) is 0 Å². The lowest BCUT2D eigenvalue weighted by Gasteiger charge is -2.23. The molecule has 2 atom stereocenters. The Labute approximate surface area is 143 Å². The Balaban J connectivity index is 1.45. The third-order valence-electron chi connectivity index (χ3n) is 5.16. The van der Waals surface area contributed by atoms with Crippen LogP contribution >= 0.6 is 0 Å². The number of fused-ring (bicyclic) bond motifs is 1. The fourth-order valence-corrected chi connectivity index (χ4v) is 3.84. The van der Waals surface area contributed by atoms with E-state index in [1.807, 2.05) is 19.2 Å². The minimum atomic E-state index is 0.436. The van der Waals surface area contributed by atoms with Crippen molar-refractivity contribution in [1.82, 2.24) is 19.9 Å². The standard InChI is InChI=1S/C18H24N6/c1-12(2)16-6-18(21-11-20-16)24-9-14-7-23(8-15(14)10-24)17-4-5-19-13(3)22-17/h4-6,11-12,14-15H,7-10H2,1-3H3. The van der Waals surface area contributed by atoms with Gasteiger partial charge in [0.2, 0.25) is 0 Å². The van der Waals surface area contributed by atoms with E-state index in [2.05, 4.69) is 49.6 Å². The van der Waals surface area contributed by atoms with Crippen LogP contribution in [0.2, 0.25) is 0 Å². The van der Waals surface area contributed by atoms with E-state index < -0.39 is 0 Å². The molecule has 0 bridgehead atoms. The molecular formula is C18H24N6. The molecule has 2 aromatic heterocycles. The maximum absolute atomic E-state index is 4.57. The smallest absolute Gasteiger partial charge is 0.132 e. The fourth-order valence-electron chi connectivity index (χ4n) is 3.84. The Morgan fingerprint density at radius 2 is 1.62 bits per heavy atom. The van der Waals surface area contributed by atoms with Crippen LogP contribution in [0.4, 0.5) is 11.6 Å². The Morgan fingerprint density at radius 3 is 2.25 bits per heavy atom. The summed E-state index contributed by atoms with van der Waals surface area (Å²) in [5.74, 6) is 4.77. The number of nitrogens with zero attached hydrogens (tertiary/aromatic N) is 6. The second-order valence-electron chi connectivity index (χ2n) is 7.25. The monoisotopic (exact) mass is 324 g/mol. The molecule has 0 aliphatic carbocycles. The first-order valence-electron chi connectivity index (χ1n) is 8.71. The third-order valence-corrected chi connectivity index (χ3v) is 5.16. The van der Waals surface area contributed by atoms with Crippen molar-refractivity contribution in [2.24, 2.45) is 11.8 Å². The Hall–Kier alpha value is -2.24. The maximum atomic E-state index is 4.57. The largest absolute Gasteiger partial charge is 0.356 e. The summed E-state index contributed by atoms with van der Waals surface area (Å²) in [5.41, 5.74) is 1.12. The van der Waals surface area contributed by atoms with Gasteiger partial charge in [-0.1, -0.05) is 13.8 Å². The molecule has 0 aromatic carbocycles. The predicted molar refractivity (Wildman–Crippen MR) is 94.3 cm³/mol. The molecule has 4 rings (SSSR count). The molecular weight excluding hydrogens is 300 g/mol. The van der Waals surface area contributed by atoms with E-state index in [1.165, 1.54) is 0 Å². The molecule has 0 N–H and O–H groups in total. The molecule has 0 spiro atoms. The normalized spacial score (nSPS) is 23.2. The molecule has 2 aliphatic rings. The molecule has 2 aromatic rings. The first-order valence-corrected chi connectivity index (χ1v) is 8.71. The van der Waals surface area contributed by atoms with Crippen LogP contribution in [0.1, 0.15) is 31.3 Å². The zero-order chi connectivity index (χ0) is 16.7. The van der Waals surface area contributed by atoms with Crippen LogP contribution in [0.5, 0.6) is 0 Å². The van der Waals surface area contributed by atoms with Crippen molar-refractivity contribution in [3.8, 4) is 0 Å². The van der Waals surface area contributed by atoms with Crippen molar-refractivity contribution >= 4 is 11.6 Å². The summed E-state index contributed by atoms with van der Waals surface area (Å²) < 4.78 is 0. The molecule has 0 saturated carbocycles. The van der Waals surface area contributed by atoms with E-state index in [1.54, 1.807) is 6.33 Å². The lowest BCUT2D eigenvalue weighted by molar-refractivity contribution is 0.533. The van der Waals surface area contributed by atoms with E-state index in [4.69, 9.17) is 0 Å². The van der Waals surface area contributed by atoms with Gasteiger partial charge in [-0.25, -0.2) is 19.9 Å². The molecule has 6 heteroatoms. The van der Waals surface area contributed by atoms with Crippen LogP contribution in [-0.4, -0.2) is 46.1 Å². The summed E-state index contributed by atoms with van der Waals surface area (Å²) in [7, 11) is 0. The van der Waals surface area contributed by atoms with E-state index >= 15 is 0 Å². The van der Waals surface area contributed by atoms with Gasteiger partial charge >= 0.3 is 0 Å². The number of aryl methyl sites for hydroxylation is 1. The van der Waals surface area contributed by atoms with Gasteiger partial charge in [0.15, 0.2) is 0 Å². The number of rotatable bonds is 3. The number of hydrogen-bond donors (Lipinski definition) is 0. The minimum Gasteiger partial charge on any atom is -0.356 e. The van der Waals surface area contributed by atoms with Gasteiger partial charge in [-0.3, -0.25) is 0 Å². The Bertz CT molecular complexity index is 717. The molecule has 126 valence electrons. The summed E-state index contributed by atoms with van der Waals surface area (Å²) in [6.45, 7) is 10.6. The molecule has 2 saturated heterocycles. The SMILES string of the molecule is Cc1nccc(N2CC3CN(c4cc(C(C)C)ncn4)CC3C2)n1. The minimum absolute atomic E-state index is 0.436. The third kappa shape index (κ3) is 2.81. The number of anilines is 2. The van der Waals surface area contributed by atoms with Crippen LogP contribution in [0, 0.1) is 18.8 Å². The quantitative estimate of drug-likeness (QED) is 0.863. The van der Waals surface area contributed by atoms with Gasteiger partial charge in [0.25, 0.3) is 0 Å². The zero-order valence-corrected chi connectivity index (χ0v) is 14.6. The molecule has 6 nitrogen and oxygen atoms in total. The Kier molecular flexibility index (Phi) is 3.82. The fraction of sp³-hybridized carbons (Fsp3) is 0.556. The van der Waals surface area contributed by atoms with Crippen LogP contribution in [-0.2, 0) is 0 Å². The highest BCUT2D eigenvalue weighted by Gasteiger charge is 2.40. The van der Waals surface area contributed by atoms with Crippen molar-refractivity contribution in [1.29, 1.82) is 0 Å². The first-order chi connectivity index (χ1) is 11.6.